The Hall–Kier alpha value is -0.450. The van der Waals surface area contributed by atoms with Crippen molar-refractivity contribution >= 4 is 11.3 Å². The largest absolute Gasteiger partial charge is 0.385 e. The van der Waals surface area contributed by atoms with E-state index in [9.17, 15) is 0 Å². The van der Waals surface area contributed by atoms with E-state index in [2.05, 4.69) is 29.5 Å². The standard InChI is InChI=1S/C12H22N2OS/c1-9(2)12(5-6-15-4)13-7-11-8-16-10(3)14-11/h8-9,12-13H,5-7H2,1-4H3. The first kappa shape index (κ1) is 13.6. The van der Waals surface area contributed by atoms with Gasteiger partial charge in [-0.1, -0.05) is 13.8 Å². The first-order chi connectivity index (χ1) is 7.63. The molecule has 0 saturated carbocycles. The number of nitrogens with one attached hydrogen (secondary N) is 1. The van der Waals surface area contributed by atoms with Crippen molar-refractivity contribution in [2.75, 3.05) is 13.7 Å². The molecule has 0 aliphatic rings. The van der Waals surface area contributed by atoms with Gasteiger partial charge in [0.15, 0.2) is 0 Å². The van der Waals surface area contributed by atoms with Gasteiger partial charge in [-0.15, -0.1) is 11.3 Å². The van der Waals surface area contributed by atoms with Gasteiger partial charge in [0, 0.05) is 31.7 Å². The van der Waals surface area contributed by atoms with Crippen molar-refractivity contribution < 1.29 is 4.74 Å². The summed E-state index contributed by atoms with van der Waals surface area (Å²) < 4.78 is 5.13. The van der Waals surface area contributed by atoms with E-state index in [0.29, 0.717) is 12.0 Å². The maximum Gasteiger partial charge on any atom is 0.0897 e. The summed E-state index contributed by atoms with van der Waals surface area (Å²) in [5, 5.41) is 6.80. The molecule has 0 radical (unpaired) electrons. The van der Waals surface area contributed by atoms with Gasteiger partial charge in [0.25, 0.3) is 0 Å². The molecule has 1 N–H and O–H groups in total. The Morgan fingerprint density at radius 2 is 2.25 bits per heavy atom. The van der Waals surface area contributed by atoms with Crippen molar-refractivity contribution in [2.24, 2.45) is 5.92 Å². The van der Waals surface area contributed by atoms with Gasteiger partial charge in [-0.2, -0.15) is 0 Å². The lowest BCUT2D eigenvalue weighted by atomic mass is 10.0. The summed E-state index contributed by atoms with van der Waals surface area (Å²) in [6.45, 7) is 8.18. The first-order valence-corrected chi connectivity index (χ1v) is 6.64. The number of ether oxygens (including phenoxy) is 1. The molecule has 1 aromatic rings. The van der Waals surface area contributed by atoms with Crippen molar-refractivity contribution in [1.82, 2.24) is 10.3 Å². The Balaban J connectivity index is 2.37. The Labute approximate surface area is 102 Å². The summed E-state index contributed by atoms with van der Waals surface area (Å²) in [6, 6.07) is 0.502. The molecule has 1 atom stereocenters. The van der Waals surface area contributed by atoms with Crippen molar-refractivity contribution in [1.29, 1.82) is 0 Å². The lowest BCUT2D eigenvalue weighted by Crippen LogP contribution is -2.34. The second-order valence-electron chi connectivity index (χ2n) is 4.37. The van der Waals surface area contributed by atoms with Gasteiger partial charge in [0.05, 0.1) is 10.7 Å². The third-order valence-corrected chi connectivity index (χ3v) is 3.47. The molecule has 0 amide bonds. The van der Waals surface area contributed by atoms with Crippen molar-refractivity contribution in [2.45, 2.75) is 39.8 Å². The van der Waals surface area contributed by atoms with Gasteiger partial charge in [-0.05, 0) is 19.3 Å². The maximum atomic E-state index is 5.13. The summed E-state index contributed by atoms with van der Waals surface area (Å²) in [6.07, 6.45) is 1.05. The summed E-state index contributed by atoms with van der Waals surface area (Å²) in [7, 11) is 1.75. The predicted octanol–water partition coefficient (Wildman–Crippen LogP) is 2.60. The van der Waals surface area contributed by atoms with Gasteiger partial charge in [-0.3, -0.25) is 0 Å². The van der Waals surface area contributed by atoms with Crippen LogP contribution < -0.4 is 5.32 Å². The van der Waals surface area contributed by atoms with Gasteiger partial charge in [0.1, 0.15) is 0 Å². The molecule has 16 heavy (non-hydrogen) atoms. The number of nitrogens with zero attached hydrogens (tertiary/aromatic N) is 1. The van der Waals surface area contributed by atoms with E-state index < -0.39 is 0 Å². The molecule has 0 aromatic carbocycles. The number of hydrogen-bond acceptors (Lipinski definition) is 4. The Morgan fingerprint density at radius 3 is 2.75 bits per heavy atom. The van der Waals surface area contributed by atoms with Gasteiger partial charge in [-0.25, -0.2) is 4.98 Å². The lowest BCUT2D eigenvalue weighted by molar-refractivity contribution is 0.173. The third kappa shape index (κ3) is 4.60. The molecule has 92 valence electrons. The summed E-state index contributed by atoms with van der Waals surface area (Å²) in [4.78, 5) is 4.45. The second kappa shape index (κ2) is 6.99. The topological polar surface area (TPSA) is 34.1 Å². The average molecular weight is 242 g/mol. The van der Waals surface area contributed by atoms with Crippen LogP contribution in [0, 0.1) is 12.8 Å². The molecule has 0 fully saturated rings. The molecule has 4 heteroatoms. The molecule has 0 saturated heterocycles. The number of thiazole rings is 1. The Bertz CT molecular complexity index is 299. The highest BCUT2D eigenvalue weighted by Gasteiger charge is 2.12. The molecule has 1 unspecified atom stereocenters. The SMILES string of the molecule is COCCC(NCc1csc(C)n1)C(C)C. The minimum absolute atomic E-state index is 0.502. The molecule has 3 nitrogen and oxygen atoms in total. The van der Waals surface area contributed by atoms with Crippen molar-refractivity contribution in [3.63, 3.8) is 0 Å². The fourth-order valence-corrected chi connectivity index (χ4v) is 2.25. The predicted molar refractivity (Wildman–Crippen MR) is 68.8 cm³/mol. The van der Waals surface area contributed by atoms with E-state index in [1.807, 2.05) is 6.92 Å². The van der Waals surface area contributed by atoms with Crippen LogP contribution in [0.4, 0.5) is 0 Å². The number of aryl methyl sites for hydroxylation is 1. The average Bonchev–Trinajstić information content (AvgIpc) is 2.64. The van der Waals surface area contributed by atoms with Crippen LogP contribution in [-0.4, -0.2) is 24.7 Å². The van der Waals surface area contributed by atoms with E-state index in [-0.39, 0.29) is 0 Å². The molecule has 0 spiro atoms. The van der Waals surface area contributed by atoms with Crippen molar-refractivity contribution in [3.8, 4) is 0 Å². The van der Waals surface area contributed by atoms with Crippen LogP contribution in [0.2, 0.25) is 0 Å². The summed E-state index contributed by atoms with van der Waals surface area (Å²) in [5.41, 5.74) is 1.14. The normalized spacial score (nSPS) is 13.3. The highest BCUT2D eigenvalue weighted by atomic mass is 32.1. The Kier molecular flexibility index (Phi) is 5.95. The molecule has 0 bridgehead atoms. The molecule has 1 aromatic heterocycles. The zero-order valence-electron chi connectivity index (χ0n) is 10.6. The van der Waals surface area contributed by atoms with E-state index in [0.717, 1.165) is 30.3 Å². The zero-order valence-corrected chi connectivity index (χ0v) is 11.4. The van der Waals surface area contributed by atoms with Crippen LogP contribution in [0.5, 0.6) is 0 Å². The Morgan fingerprint density at radius 1 is 1.50 bits per heavy atom. The van der Waals surface area contributed by atoms with Crippen LogP contribution in [0.15, 0.2) is 5.38 Å². The summed E-state index contributed by atoms with van der Waals surface area (Å²) >= 11 is 1.71. The molecule has 0 aliphatic heterocycles. The van der Waals surface area contributed by atoms with E-state index in [1.54, 1.807) is 18.4 Å². The molecular formula is C12H22N2OS. The highest BCUT2D eigenvalue weighted by molar-refractivity contribution is 7.09. The number of rotatable bonds is 7. The minimum Gasteiger partial charge on any atom is -0.385 e. The molecule has 1 rings (SSSR count). The fraction of sp³-hybridized carbons (Fsp3) is 0.750. The first-order valence-electron chi connectivity index (χ1n) is 5.76. The van der Waals surface area contributed by atoms with E-state index in [4.69, 9.17) is 4.74 Å². The zero-order chi connectivity index (χ0) is 12.0. The minimum atomic E-state index is 0.502. The van der Waals surface area contributed by atoms with Crippen LogP contribution in [0.25, 0.3) is 0 Å². The van der Waals surface area contributed by atoms with Crippen LogP contribution in [0.3, 0.4) is 0 Å². The lowest BCUT2D eigenvalue weighted by Gasteiger charge is -2.21. The van der Waals surface area contributed by atoms with Crippen LogP contribution >= 0.6 is 11.3 Å². The third-order valence-electron chi connectivity index (χ3n) is 2.65. The number of hydrogen-bond donors (Lipinski definition) is 1. The van der Waals surface area contributed by atoms with Crippen LogP contribution in [0.1, 0.15) is 31.0 Å². The van der Waals surface area contributed by atoms with Gasteiger partial charge >= 0.3 is 0 Å². The molecular weight excluding hydrogens is 220 g/mol. The van der Waals surface area contributed by atoms with E-state index >= 15 is 0 Å². The van der Waals surface area contributed by atoms with Gasteiger partial charge < -0.3 is 10.1 Å². The smallest absolute Gasteiger partial charge is 0.0897 e. The number of aromatic nitrogens is 1. The van der Waals surface area contributed by atoms with Crippen LogP contribution in [-0.2, 0) is 11.3 Å². The highest BCUT2D eigenvalue weighted by Crippen LogP contribution is 2.10. The second-order valence-corrected chi connectivity index (χ2v) is 5.43. The van der Waals surface area contributed by atoms with Crippen molar-refractivity contribution in [3.05, 3.63) is 16.1 Å². The monoisotopic (exact) mass is 242 g/mol. The van der Waals surface area contributed by atoms with E-state index in [1.165, 1.54) is 0 Å². The fourth-order valence-electron chi connectivity index (χ4n) is 1.64. The summed E-state index contributed by atoms with van der Waals surface area (Å²) in [5.74, 6) is 0.620. The van der Waals surface area contributed by atoms with Gasteiger partial charge in [0.2, 0.25) is 0 Å². The molecule has 0 aliphatic carbocycles. The maximum absolute atomic E-state index is 5.13. The number of methoxy groups -OCH3 is 1. The molecule has 1 heterocycles. The quantitative estimate of drug-likeness (QED) is 0.798.